The van der Waals surface area contributed by atoms with Crippen molar-refractivity contribution in [2.24, 2.45) is 0 Å². The number of thiol groups is 1. The van der Waals surface area contributed by atoms with Crippen molar-refractivity contribution in [1.82, 2.24) is 15.5 Å². The molecular weight excluding hydrogens is 534 g/mol. The molecule has 2 rings (SSSR count). The molecule has 0 radical (unpaired) electrons. The number of ether oxygens (including phenoxy) is 1. The Morgan fingerprint density at radius 2 is 1.51 bits per heavy atom. The number of benzene rings is 2. The summed E-state index contributed by atoms with van der Waals surface area (Å²) in [5, 5.41) is 5.76. The first-order valence-corrected chi connectivity index (χ1v) is 15.4. The molecule has 8 heteroatoms. The van der Waals surface area contributed by atoms with Crippen molar-refractivity contribution in [3.63, 3.8) is 0 Å². The van der Waals surface area contributed by atoms with Gasteiger partial charge in [-0.1, -0.05) is 87.6 Å². The Hall–Kier alpha value is -3.00. The van der Waals surface area contributed by atoms with Crippen LogP contribution in [-0.2, 0) is 20.9 Å². The molecule has 0 spiro atoms. The number of nitrogens with zero attached hydrogens (tertiary/aromatic N) is 1. The van der Waals surface area contributed by atoms with Crippen molar-refractivity contribution in [3.05, 3.63) is 70.8 Å². The van der Waals surface area contributed by atoms with Gasteiger partial charge in [-0.2, -0.15) is 12.6 Å². The molecule has 2 aromatic rings. The number of alkyl carbamates (subject to hydrolysis) is 1. The maximum atomic E-state index is 14.2. The van der Waals surface area contributed by atoms with Gasteiger partial charge >= 0.3 is 6.09 Å². The largest absolute Gasteiger partial charge is 0.444 e. The van der Waals surface area contributed by atoms with Crippen LogP contribution in [0.4, 0.5) is 4.79 Å². The van der Waals surface area contributed by atoms with Gasteiger partial charge in [-0.15, -0.1) is 0 Å². The first-order chi connectivity index (χ1) is 19.5. The highest BCUT2D eigenvalue weighted by Gasteiger charge is 2.37. The highest BCUT2D eigenvalue weighted by Crippen LogP contribution is 2.29. The molecule has 0 aliphatic rings. The lowest BCUT2D eigenvalue weighted by Crippen LogP contribution is -2.54. The second-order valence-electron chi connectivity index (χ2n) is 11.6. The lowest BCUT2D eigenvalue weighted by molar-refractivity contribution is -0.142. The molecule has 2 atom stereocenters. The number of rotatable bonds is 15. The smallest absolute Gasteiger partial charge is 0.408 e. The lowest BCUT2D eigenvalue weighted by Gasteiger charge is -2.35. The molecule has 0 heterocycles. The van der Waals surface area contributed by atoms with Gasteiger partial charge in [0.2, 0.25) is 11.8 Å². The lowest BCUT2D eigenvalue weighted by atomic mass is 9.93. The number of hydrogen-bond acceptors (Lipinski definition) is 5. The van der Waals surface area contributed by atoms with E-state index in [4.69, 9.17) is 4.74 Å². The second kappa shape index (κ2) is 17.1. The Balaban J connectivity index is 2.45. The van der Waals surface area contributed by atoms with Gasteiger partial charge in [0.25, 0.3) is 0 Å². The van der Waals surface area contributed by atoms with E-state index >= 15 is 0 Å². The van der Waals surface area contributed by atoms with E-state index in [0.717, 1.165) is 54.4 Å². The molecule has 0 aromatic heterocycles. The molecule has 2 unspecified atom stereocenters. The maximum Gasteiger partial charge on any atom is 0.408 e. The number of carbonyl (C=O) groups is 3. The van der Waals surface area contributed by atoms with E-state index in [1.165, 1.54) is 6.42 Å². The minimum Gasteiger partial charge on any atom is -0.444 e. The summed E-state index contributed by atoms with van der Waals surface area (Å²) in [4.78, 5) is 42.5. The fourth-order valence-corrected chi connectivity index (χ4v) is 5.08. The van der Waals surface area contributed by atoms with Crippen LogP contribution < -0.4 is 10.6 Å². The van der Waals surface area contributed by atoms with Crippen LogP contribution in [0.2, 0.25) is 0 Å². The maximum absolute atomic E-state index is 14.2. The molecular formula is C33H49N3O4S. The third kappa shape index (κ3) is 11.4. The van der Waals surface area contributed by atoms with Gasteiger partial charge < -0.3 is 20.3 Å². The summed E-state index contributed by atoms with van der Waals surface area (Å²) in [7, 11) is 0. The van der Waals surface area contributed by atoms with Crippen molar-refractivity contribution in [3.8, 4) is 0 Å². The van der Waals surface area contributed by atoms with Gasteiger partial charge in [0.15, 0.2) is 0 Å². The van der Waals surface area contributed by atoms with Crippen LogP contribution in [0.25, 0.3) is 0 Å². The topological polar surface area (TPSA) is 87.7 Å². The van der Waals surface area contributed by atoms with E-state index in [9.17, 15) is 14.4 Å². The van der Waals surface area contributed by atoms with Crippen LogP contribution in [0.15, 0.2) is 48.5 Å². The summed E-state index contributed by atoms with van der Waals surface area (Å²) < 4.78 is 5.42. The van der Waals surface area contributed by atoms with Gasteiger partial charge in [-0.25, -0.2) is 4.79 Å². The molecule has 3 amide bonds. The van der Waals surface area contributed by atoms with Gasteiger partial charge in [0.1, 0.15) is 17.7 Å². The molecule has 226 valence electrons. The first kappa shape index (κ1) is 34.2. The Labute approximate surface area is 252 Å². The summed E-state index contributed by atoms with van der Waals surface area (Å²) in [5.41, 5.74) is 2.90. The summed E-state index contributed by atoms with van der Waals surface area (Å²) in [5.74, 6) is -0.557. The van der Waals surface area contributed by atoms with Crippen molar-refractivity contribution < 1.29 is 19.1 Å². The molecule has 2 aromatic carbocycles. The van der Waals surface area contributed by atoms with E-state index in [2.05, 4.69) is 30.2 Å². The molecule has 41 heavy (non-hydrogen) atoms. The van der Waals surface area contributed by atoms with Crippen LogP contribution in [-0.4, -0.2) is 46.7 Å². The summed E-state index contributed by atoms with van der Waals surface area (Å²) in [6.07, 6.45) is 5.53. The van der Waals surface area contributed by atoms with Gasteiger partial charge in [0.05, 0.1) is 0 Å². The van der Waals surface area contributed by atoms with Crippen LogP contribution in [0, 0.1) is 13.8 Å². The summed E-state index contributed by atoms with van der Waals surface area (Å²) in [6, 6.07) is 13.7. The van der Waals surface area contributed by atoms with Crippen molar-refractivity contribution in [1.29, 1.82) is 0 Å². The number of carbonyl (C=O) groups excluding carboxylic acids is 3. The zero-order chi connectivity index (χ0) is 30.4. The van der Waals surface area contributed by atoms with Crippen LogP contribution in [0.3, 0.4) is 0 Å². The number of amides is 3. The number of aryl methyl sites for hydroxylation is 2. The molecule has 0 bridgehead atoms. The van der Waals surface area contributed by atoms with E-state index < -0.39 is 23.8 Å². The van der Waals surface area contributed by atoms with Crippen molar-refractivity contribution in [2.45, 2.75) is 104 Å². The van der Waals surface area contributed by atoms with Crippen LogP contribution in [0.5, 0.6) is 0 Å². The average molecular weight is 584 g/mol. The fourth-order valence-electron chi connectivity index (χ4n) is 4.83. The highest BCUT2D eigenvalue weighted by molar-refractivity contribution is 7.80. The number of nitrogens with one attached hydrogen (secondary N) is 2. The van der Waals surface area contributed by atoms with E-state index in [1.807, 2.05) is 62.4 Å². The molecule has 2 N–H and O–H groups in total. The van der Waals surface area contributed by atoms with Gasteiger partial charge in [0, 0.05) is 18.8 Å². The van der Waals surface area contributed by atoms with E-state index in [0.29, 0.717) is 13.1 Å². The van der Waals surface area contributed by atoms with Gasteiger partial charge in [-0.3, -0.25) is 9.59 Å². The number of hydrogen-bond donors (Lipinski definition) is 3. The predicted octanol–water partition coefficient (Wildman–Crippen LogP) is 6.67. The Bertz CT molecular complexity index is 1100. The van der Waals surface area contributed by atoms with Crippen molar-refractivity contribution >= 4 is 30.5 Å². The van der Waals surface area contributed by atoms with E-state index in [-0.39, 0.29) is 17.6 Å². The molecule has 0 saturated carbocycles. The Kier molecular flexibility index (Phi) is 14.2. The molecule has 7 nitrogen and oxygen atoms in total. The minimum absolute atomic E-state index is 0.0657. The summed E-state index contributed by atoms with van der Waals surface area (Å²) in [6.45, 7) is 12.1. The van der Waals surface area contributed by atoms with Gasteiger partial charge in [-0.05, 0) is 63.3 Å². The Morgan fingerprint density at radius 3 is 2.10 bits per heavy atom. The zero-order valence-electron chi connectivity index (χ0n) is 25.7. The highest BCUT2D eigenvalue weighted by atomic mass is 32.1. The quantitative estimate of drug-likeness (QED) is 0.161. The minimum atomic E-state index is -0.956. The Morgan fingerprint density at radius 1 is 0.902 bits per heavy atom. The van der Waals surface area contributed by atoms with E-state index in [1.54, 1.807) is 25.7 Å². The van der Waals surface area contributed by atoms with Crippen molar-refractivity contribution in [2.75, 3.05) is 12.3 Å². The average Bonchev–Trinajstić information content (AvgIpc) is 2.92. The molecule has 0 aliphatic heterocycles. The standard InChI is InChI=1S/C33H49N3O4S/c1-7-8-9-10-11-15-21-36(31(38)27(23-41)35-32(39)40-33(4,5)6)29(28-24(2)17-16-18-25(28)3)30(37)34-22-26-19-13-12-14-20-26/h12-14,16-20,27,29,41H,7-11,15,21-23H2,1-6H3,(H,34,37)(H,35,39). The normalized spacial score (nSPS) is 12.8. The SMILES string of the molecule is CCCCCCCCN(C(=O)C(CS)NC(=O)OC(C)(C)C)C(C(=O)NCc1ccccc1)c1c(C)cccc1C. The zero-order valence-corrected chi connectivity index (χ0v) is 26.6. The van der Waals surface area contributed by atoms with Crippen LogP contribution in [0.1, 0.15) is 94.5 Å². The predicted molar refractivity (Wildman–Crippen MR) is 169 cm³/mol. The third-order valence-corrected chi connectivity index (χ3v) is 7.26. The summed E-state index contributed by atoms with van der Waals surface area (Å²) >= 11 is 4.40. The fraction of sp³-hybridized carbons (Fsp3) is 0.545. The van der Waals surface area contributed by atoms with Crippen LogP contribution >= 0.6 is 12.6 Å². The first-order valence-electron chi connectivity index (χ1n) is 14.8. The monoisotopic (exact) mass is 583 g/mol. The number of unbranched alkanes of at least 4 members (excludes halogenated alkanes) is 5. The molecule has 0 saturated heterocycles. The molecule has 0 fully saturated rings. The third-order valence-electron chi connectivity index (χ3n) is 6.89. The second-order valence-corrected chi connectivity index (χ2v) is 12.0. The molecule has 0 aliphatic carbocycles.